The van der Waals surface area contributed by atoms with Crippen molar-refractivity contribution in [2.24, 2.45) is 0 Å². The van der Waals surface area contributed by atoms with Gasteiger partial charge < -0.3 is 10.2 Å². The number of carbonyl (C=O) groups is 1. The van der Waals surface area contributed by atoms with Gasteiger partial charge in [0, 0.05) is 23.2 Å². The quantitative estimate of drug-likeness (QED) is 0.795. The van der Waals surface area contributed by atoms with E-state index in [0.29, 0.717) is 17.1 Å². The summed E-state index contributed by atoms with van der Waals surface area (Å²) < 4.78 is 0. The molecule has 0 aliphatic heterocycles. The van der Waals surface area contributed by atoms with Gasteiger partial charge in [0.25, 0.3) is 5.91 Å². The van der Waals surface area contributed by atoms with Crippen LogP contribution >= 0.6 is 11.6 Å². The lowest BCUT2D eigenvalue weighted by molar-refractivity contribution is 0.0952. The fourth-order valence-corrected chi connectivity index (χ4v) is 1.46. The Morgan fingerprint density at radius 3 is 2.94 bits per heavy atom. The lowest BCUT2D eigenvalue weighted by atomic mass is 10.2. The molecule has 0 atom stereocenters. The third-order valence-corrected chi connectivity index (χ3v) is 2.31. The SMILES string of the molecule is CN(C)CCCNC(=O)c1cc[c]c(Cl)c1. The van der Waals surface area contributed by atoms with Gasteiger partial charge in [0.1, 0.15) is 0 Å². The van der Waals surface area contributed by atoms with Crippen LogP contribution < -0.4 is 5.32 Å². The van der Waals surface area contributed by atoms with Crippen molar-refractivity contribution in [2.75, 3.05) is 27.2 Å². The summed E-state index contributed by atoms with van der Waals surface area (Å²) in [7, 11) is 4.02. The highest BCUT2D eigenvalue weighted by atomic mass is 35.5. The average Bonchev–Trinajstić information content (AvgIpc) is 2.24. The molecule has 1 radical (unpaired) electrons. The van der Waals surface area contributed by atoms with E-state index in [0.717, 1.165) is 13.0 Å². The van der Waals surface area contributed by atoms with Gasteiger partial charge in [-0.15, -0.1) is 0 Å². The van der Waals surface area contributed by atoms with Crippen molar-refractivity contribution in [1.82, 2.24) is 10.2 Å². The van der Waals surface area contributed by atoms with Crippen LogP contribution in [0.15, 0.2) is 18.2 Å². The Balaban J connectivity index is 2.35. The van der Waals surface area contributed by atoms with Gasteiger partial charge in [0.2, 0.25) is 0 Å². The number of amides is 1. The van der Waals surface area contributed by atoms with Crippen LogP contribution in [0.5, 0.6) is 0 Å². The smallest absolute Gasteiger partial charge is 0.251 e. The second-order valence-electron chi connectivity index (χ2n) is 3.84. The number of rotatable bonds is 5. The van der Waals surface area contributed by atoms with Crippen LogP contribution in [0.3, 0.4) is 0 Å². The average molecular weight is 240 g/mol. The van der Waals surface area contributed by atoms with E-state index in [4.69, 9.17) is 11.6 Å². The molecule has 1 amide bonds. The summed E-state index contributed by atoms with van der Waals surface area (Å²) in [6.07, 6.45) is 0.936. The van der Waals surface area contributed by atoms with Crippen molar-refractivity contribution >= 4 is 17.5 Å². The number of halogens is 1. The van der Waals surface area contributed by atoms with Gasteiger partial charge in [-0.25, -0.2) is 0 Å². The van der Waals surface area contributed by atoms with E-state index < -0.39 is 0 Å². The molecule has 1 N–H and O–H groups in total. The summed E-state index contributed by atoms with van der Waals surface area (Å²) in [5, 5.41) is 3.30. The fraction of sp³-hybridized carbons (Fsp3) is 0.417. The number of nitrogens with one attached hydrogen (secondary N) is 1. The highest BCUT2D eigenvalue weighted by molar-refractivity contribution is 6.30. The van der Waals surface area contributed by atoms with Gasteiger partial charge >= 0.3 is 0 Å². The first-order chi connectivity index (χ1) is 7.59. The van der Waals surface area contributed by atoms with Crippen LogP contribution in [0.25, 0.3) is 0 Å². The summed E-state index contributed by atoms with van der Waals surface area (Å²) in [4.78, 5) is 13.7. The van der Waals surface area contributed by atoms with E-state index in [9.17, 15) is 4.79 Å². The van der Waals surface area contributed by atoms with E-state index >= 15 is 0 Å². The molecule has 0 unspecified atom stereocenters. The molecule has 1 aromatic carbocycles. The van der Waals surface area contributed by atoms with Crippen LogP contribution in [0.4, 0.5) is 0 Å². The van der Waals surface area contributed by atoms with E-state index in [-0.39, 0.29) is 5.91 Å². The Morgan fingerprint density at radius 1 is 1.56 bits per heavy atom. The first-order valence-corrected chi connectivity index (χ1v) is 5.57. The van der Waals surface area contributed by atoms with Crippen LogP contribution in [0.2, 0.25) is 5.02 Å². The van der Waals surface area contributed by atoms with E-state index in [1.807, 2.05) is 14.1 Å². The Morgan fingerprint density at radius 2 is 2.31 bits per heavy atom. The molecule has 0 aliphatic rings. The number of benzene rings is 1. The molecule has 3 nitrogen and oxygen atoms in total. The number of nitrogens with zero attached hydrogens (tertiary/aromatic N) is 1. The lowest BCUT2D eigenvalue weighted by Gasteiger charge is -2.09. The van der Waals surface area contributed by atoms with Gasteiger partial charge in [-0.2, -0.15) is 0 Å². The minimum atomic E-state index is -0.0883. The molecule has 0 saturated heterocycles. The topological polar surface area (TPSA) is 32.3 Å². The molecule has 4 heteroatoms. The predicted molar refractivity (Wildman–Crippen MR) is 65.8 cm³/mol. The summed E-state index contributed by atoms with van der Waals surface area (Å²) in [6, 6.07) is 7.75. The third-order valence-electron chi connectivity index (χ3n) is 2.10. The van der Waals surface area contributed by atoms with Crippen LogP contribution in [0.1, 0.15) is 16.8 Å². The minimum absolute atomic E-state index is 0.0883. The van der Waals surface area contributed by atoms with Crippen molar-refractivity contribution in [3.05, 3.63) is 34.9 Å². The molecule has 0 aromatic heterocycles. The first-order valence-electron chi connectivity index (χ1n) is 5.20. The van der Waals surface area contributed by atoms with E-state index in [1.165, 1.54) is 0 Å². The summed E-state index contributed by atoms with van der Waals surface area (Å²) >= 11 is 5.75. The third kappa shape index (κ3) is 4.64. The zero-order valence-electron chi connectivity index (χ0n) is 9.59. The monoisotopic (exact) mass is 239 g/mol. The number of hydrogen-bond acceptors (Lipinski definition) is 2. The zero-order valence-corrected chi connectivity index (χ0v) is 10.3. The summed E-state index contributed by atoms with van der Waals surface area (Å²) in [5.41, 5.74) is 0.577. The Hall–Kier alpha value is -1.06. The normalized spacial score (nSPS) is 10.5. The molecular formula is C12H16ClN2O. The van der Waals surface area contributed by atoms with E-state index in [2.05, 4.69) is 16.3 Å². The van der Waals surface area contributed by atoms with Crippen LogP contribution in [0, 0.1) is 6.07 Å². The van der Waals surface area contributed by atoms with E-state index in [1.54, 1.807) is 18.2 Å². The number of hydrogen-bond donors (Lipinski definition) is 1. The van der Waals surface area contributed by atoms with Crippen molar-refractivity contribution in [3.63, 3.8) is 0 Å². The Bertz CT molecular complexity index is 353. The van der Waals surface area contributed by atoms with Crippen LogP contribution in [-0.4, -0.2) is 38.0 Å². The van der Waals surface area contributed by atoms with Gasteiger partial charge in [-0.3, -0.25) is 4.79 Å². The molecule has 0 bridgehead atoms. The second-order valence-corrected chi connectivity index (χ2v) is 4.25. The lowest BCUT2D eigenvalue weighted by Crippen LogP contribution is -2.27. The number of carbonyl (C=O) groups excluding carboxylic acids is 1. The van der Waals surface area contributed by atoms with Crippen molar-refractivity contribution in [2.45, 2.75) is 6.42 Å². The van der Waals surface area contributed by atoms with Crippen molar-refractivity contribution in [1.29, 1.82) is 0 Å². The molecule has 0 fully saturated rings. The molecule has 0 aliphatic carbocycles. The highest BCUT2D eigenvalue weighted by Gasteiger charge is 2.04. The second kappa shape index (κ2) is 6.51. The Labute approximate surface area is 101 Å². The maximum absolute atomic E-state index is 11.6. The maximum atomic E-state index is 11.6. The summed E-state index contributed by atoms with van der Waals surface area (Å²) in [5.74, 6) is -0.0883. The minimum Gasteiger partial charge on any atom is -0.352 e. The maximum Gasteiger partial charge on any atom is 0.251 e. The molecule has 0 heterocycles. The van der Waals surface area contributed by atoms with Gasteiger partial charge in [-0.05, 0) is 39.2 Å². The van der Waals surface area contributed by atoms with Crippen molar-refractivity contribution < 1.29 is 4.79 Å². The van der Waals surface area contributed by atoms with Gasteiger partial charge in [-0.1, -0.05) is 17.7 Å². The molecule has 1 rings (SSSR count). The molecule has 87 valence electrons. The molecule has 1 aromatic rings. The molecule has 0 spiro atoms. The summed E-state index contributed by atoms with van der Waals surface area (Å²) in [6.45, 7) is 1.64. The zero-order chi connectivity index (χ0) is 12.0. The van der Waals surface area contributed by atoms with Gasteiger partial charge in [0.05, 0.1) is 0 Å². The fourth-order valence-electron chi connectivity index (χ4n) is 1.28. The largest absolute Gasteiger partial charge is 0.352 e. The van der Waals surface area contributed by atoms with Gasteiger partial charge in [0.15, 0.2) is 0 Å². The molecule has 0 saturated carbocycles. The standard InChI is InChI=1S/C12H16ClN2O/c1-15(2)8-4-7-14-12(16)10-5-3-6-11(13)9-10/h3,5,9H,4,7-8H2,1-2H3,(H,14,16). The Kier molecular flexibility index (Phi) is 5.29. The predicted octanol–water partition coefficient (Wildman–Crippen LogP) is 1.82. The highest BCUT2D eigenvalue weighted by Crippen LogP contribution is 2.09. The molecule has 16 heavy (non-hydrogen) atoms. The van der Waals surface area contributed by atoms with Crippen molar-refractivity contribution in [3.8, 4) is 0 Å². The first kappa shape index (κ1) is 13.0. The molecular weight excluding hydrogens is 224 g/mol. The van der Waals surface area contributed by atoms with Crippen LogP contribution in [-0.2, 0) is 0 Å².